The van der Waals surface area contributed by atoms with Gasteiger partial charge in [-0.3, -0.25) is 9.78 Å². The fourth-order valence-electron chi connectivity index (χ4n) is 3.06. The van der Waals surface area contributed by atoms with E-state index in [1.165, 1.54) is 19.3 Å². The Bertz CT molecular complexity index is 642. The number of nitrogens with one attached hydrogen (secondary N) is 1. The molecular weight excluding hydrogens is 288 g/mol. The van der Waals surface area contributed by atoms with E-state index in [4.69, 9.17) is 0 Å². The lowest BCUT2D eigenvalue weighted by atomic mass is 10.00. The molecule has 1 amide bonds. The molecule has 1 saturated heterocycles. The van der Waals surface area contributed by atoms with Gasteiger partial charge in [0.05, 0.1) is 17.4 Å². The van der Waals surface area contributed by atoms with Crippen LogP contribution in [0.5, 0.6) is 0 Å². The first kappa shape index (κ1) is 15.5. The van der Waals surface area contributed by atoms with Crippen LogP contribution < -0.4 is 10.2 Å². The van der Waals surface area contributed by atoms with Gasteiger partial charge in [-0.15, -0.1) is 0 Å². The lowest BCUT2D eigenvalue weighted by molar-refractivity contribution is 0.102. The van der Waals surface area contributed by atoms with Gasteiger partial charge in [-0.2, -0.15) is 0 Å². The molecule has 1 N–H and O–H groups in total. The number of aromatic nitrogens is 2. The number of pyridine rings is 2. The Labute approximate surface area is 136 Å². The third-order valence-electron chi connectivity index (χ3n) is 4.32. The maximum Gasteiger partial charge on any atom is 0.257 e. The number of carbonyl (C=O) groups is 1. The maximum atomic E-state index is 12.1. The largest absolute Gasteiger partial charge is 0.354 e. The monoisotopic (exact) mass is 310 g/mol. The van der Waals surface area contributed by atoms with Crippen molar-refractivity contribution in [1.82, 2.24) is 9.97 Å². The number of anilines is 2. The number of nitrogens with zero attached hydrogens (tertiary/aromatic N) is 3. The second kappa shape index (κ2) is 7.22. The lowest BCUT2D eigenvalue weighted by Gasteiger charge is -2.36. The van der Waals surface area contributed by atoms with E-state index in [9.17, 15) is 4.79 Å². The van der Waals surface area contributed by atoms with Crippen molar-refractivity contribution in [2.45, 2.75) is 38.6 Å². The highest BCUT2D eigenvalue weighted by Crippen LogP contribution is 2.25. The number of carbonyl (C=O) groups excluding carboxylic acids is 1. The molecule has 0 aliphatic carbocycles. The molecule has 5 heteroatoms. The Morgan fingerprint density at radius 1 is 1.30 bits per heavy atom. The molecule has 0 spiro atoms. The van der Waals surface area contributed by atoms with Gasteiger partial charge in [0, 0.05) is 25.0 Å². The number of amides is 1. The summed E-state index contributed by atoms with van der Waals surface area (Å²) < 4.78 is 0. The van der Waals surface area contributed by atoms with Gasteiger partial charge in [-0.1, -0.05) is 6.92 Å². The van der Waals surface area contributed by atoms with Crippen LogP contribution in [0.25, 0.3) is 0 Å². The minimum atomic E-state index is -0.169. The molecule has 2 aromatic rings. The standard InChI is InChI=1S/C18H22N4O/c1-2-16-7-3-4-11-22(16)17-9-8-15(13-20-17)21-18(23)14-6-5-10-19-12-14/h5-6,8-10,12-13,16H,2-4,7,11H2,1H3,(H,21,23). The van der Waals surface area contributed by atoms with Crippen LogP contribution in [-0.4, -0.2) is 28.5 Å². The quantitative estimate of drug-likeness (QED) is 0.939. The summed E-state index contributed by atoms with van der Waals surface area (Å²) in [5.41, 5.74) is 1.24. The molecule has 1 atom stereocenters. The number of piperidine rings is 1. The molecule has 0 bridgehead atoms. The minimum Gasteiger partial charge on any atom is -0.354 e. The van der Waals surface area contributed by atoms with E-state index >= 15 is 0 Å². The van der Waals surface area contributed by atoms with E-state index in [1.54, 1.807) is 30.7 Å². The van der Waals surface area contributed by atoms with Gasteiger partial charge < -0.3 is 10.2 Å². The number of hydrogen-bond acceptors (Lipinski definition) is 4. The average molecular weight is 310 g/mol. The zero-order chi connectivity index (χ0) is 16.1. The summed E-state index contributed by atoms with van der Waals surface area (Å²) in [6.07, 6.45) is 9.82. The molecule has 1 aliphatic heterocycles. The molecule has 2 aromatic heterocycles. The number of hydrogen-bond donors (Lipinski definition) is 1. The van der Waals surface area contributed by atoms with Crippen molar-refractivity contribution in [1.29, 1.82) is 0 Å². The van der Waals surface area contributed by atoms with E-state index in [2.05, 4.69) is 27.1 Å². The highest BCUT2D eigenvalue weighted by molar-refractivity contribution is 6.03. The van der Waals surface area contributed by atoms with Gasteiger partial charge in [0.25, 0.3) is 5.91 Å². The summed E-state index contributed by atoms with van der Waals surface area (Å²) in [5.74, 6) is 0.827. The predicted octanol–water partition coefficient (Wildman–Crippen LogP) is 3.50. The van der Waals surface area contributed by atoms with Gasteiger partial charge in [-0.25, -0.2) is 4.98 Å². The van der Waals surface area contributed by atoms with Crippen LogP contribution in [0, 0.1) is 0 Å². The van der Waals surface area contributed by atoms with Crippen molar-refractivity contribution in [3.8, 4) is 0 Å². The third-order valence-corrected chi connectivity index (χ3v) is 4.32. The topological polar surface area (TPSA) is 58.1 Å². The van der Waals surface area contributed by atoms with E-state index in [0.29, 0.717) is 17.3 Å². The minimum absolute atomic E-state index is 0.169. The molecule has 0 aromatic carbocycles. The van der Waals surface area contributed by atoms with E-state index < -0.39 is 0 Å². The third kappa shape index (κ3) is 3.67. The first-order chi connectivity index (χ1) is 11.3. The van der Waals surface area contributed by atoms with E-state index in [0.717, 1.165) is 18.8 Å². The van der Waals surface area contributed by atoms with Gasteiger partial charge in [0.15, 0.2) is 0 Å². The lowest BCUT2D eigenvalue weighted by Crippen LogP contribution is -2.39. The predicted molar refractivity (Wildman–Crippen MR) is 91.7 cm³/mol. The van der Waals surface area contributed by atoms with Crippen molar-refractivity contribution < 1.29 is 4.79 Å². The van der Waals surface area contributed by atoms with E-state index in [-0.39, 0.29) is 5.91 Å². The summed E-state index contributed by atoms with van der Waals surface area (Å²) >= 11 is 0. The van der Waals surface area contributed by atoms with Gasteiger partial charge in [0.1, 0.15) is 5.82 Å². The summed E-state index contributed by atoms with van der Waals surface area (Å²) in [6, 6.07) is 7.97. The molecule has 1 fully saturated rings. The molecule has 1 unspecified atom stereocenters. The van der Waals surface area contributed by atoms with Gasteiger partial charge in [0.2, 0.25) is 0 Å². The summed E-state index contributed by atoms with van der Waals surface area (Å²) in [6.45, 7) is 3.29. The van der Waals surface area contributed by atoms with Gasteiger partial charge in [-0.05, 0) is 49.9 Å². The second-order valence-electron chi connectivity index (χ2n) is 5.85. The Balaban J connectivity index is 1.68. The van der Waals surface area contributed by atoms with Crippen LogP contribution in [0.3, 0.4) is 0 Å². The van der Waals surface area contributed by atoms with Crippen LogP contribution in [0.4, 0.5) is 11.5 Å². The van der Waals surface area contributed by atoms with E-state index in [1.807, 2.05) is 12.1 Å². The highest BCUT2D eigenvalue weighted by atomic mass is 16.1. The first-order valence-corrected chi connectivity index (χ1v) is 8.22. The van der Waals surface area contributed by atoms with Crippen molar-refractivity contribution in [2.75, 3.05) is 16.8 Å². The van der Waals surface area contributed by atoms with Crippen LogP contribution in [0.15, 0.2) is 42.9 Å². The normalized spacial score (nSPS) is 17.8. The van der Waals surface area contributed by atoms with Crippen molar-refractivity contribution >= 4 is 17.4 Å². The Morgan fingerprint density at radius 3 is 2.91 bits per heavy atom. The van der Waals surface area contributed by atoms with Crippen molar-refractivity contribution in [3.05, 3.63) is 48.4 Å². The highest BCUT2D eigenvalue weighted by Gasteiger charge is 2.21. The summed E-state index contributed by atoms with van der Waals surface area (Å²) in [4.78, 5) is 23.0. The van der Waals surface area contributed by atoms with Crippen LogP contribution in [-0.2, 0) is 0 Å². The molecule has 3 heterocycles. The number of rotatable bonds is 4. The molecule has 120 valence electrons. The Morgan fingerprint density at radius 2 is 2.22 bits per heavy atom. The SMILES string of the molecule is CCC1CCCCN1c1ccc(NC(=O)c2cccnc2)cn1. The van der Waals surface area contributed by atoms with Gasteiger partial charge >= 0.3 is 0 Å². The molecule has 1 aliphatic rings. The molecular formula is C18H22N4O. The van der Waals surface area contributed by atoms with Crippen LogP contribution >= 0.6 is 0 Å². The summed E-state index contributed by atoms with van der Waals surface area (Å²) in [5, 5.41) is 2.85. The smallest absolute Gasteiger partial charge is 0.257 e. The fourth-order valence-corrected chi connectivity index (χ4v) is 3.06. The summed E-state index contributed by atoms with van der Waals surface area (Å²) in [7, 11) is 0. The fraction of sp³-hybridized carbons (Fsp3) is 0.389. The van der Waals surface area contributed by atoms with Crippen LogP contribution in [0.1, 0.15) is 43.0 Å². The molecule has 3 rings (SSSR count). The Kier molecular flexibility index (Phi) is 4.86. The van der Waals surface area contributed by atoms with Crippen LogP contribution in [0.2, 0.25) is 0 Å². The van der Waals surface area contributed by atoms with Crippen molar-refractivity contribution in [3.63, 3.8) is 0 Å². The zero-order valence-corrected chi connectivity index (χ0v) is 13.4. The second-order valence-corrected chi connectivity index (χ2v) is 5.85. The first-order valence-electron chi connectivity index (χ1n) is 8.22. The Hall–Kier alpha value is -2.43. The maximum absolute atomic E-state index is 12.1. The molecule has 0 saturated carbocycles. The molecule has 0 radical (unpaired) electrons. The molecule has 23 heavy (non-hydrogen) atoms. The molecule has 5 nitrogen and oxygen atoms in total. The van der Waals surface area contributed by atoms with Crippen molar-refractivity contribution in [2.24, 2.45) is 0 Å². The zero-order valence-electron chi connectivity index (χ0n) is 13.4. The average Bonchev–Trinajstić information content (AvgIpc) is 2.63.